The number of carbonyl (C=O) groups is 2. The topological polar surface area (TPSA) is 84.0 Å². The lowest BCUT2D eigenvalue weighted by atomic mass is 9.83. The first-order chi connectivity index (χ1) is 16.5. The summed E-state index contributed by atoms with van der Waals surface area (Å²) >= 11 is 0. The molecular formula is C27H32N2O5S. The predicted molar refractivity (Wildman–Crippen MR) is 135 cm³/mol. The number of ketones is 1. The third-order valence-corrected chi connectivity index (χ3v) is 8.86. The van der Waals surface area contributed by atoms with Crippen LogP contribution in [0.1, 0.15) is 54.6 Å². The molecule has 0 spiro atoms. The van der Waals surface area contributed by atoms with Crippen LogP contribution in [0.5, 0.6) is 0 Å². The number of likely N-dealkylation sites (N-methyl/N-ethyl adjacent to an activating group) is 1. The molecule has 0 bridgehead atoms. The second-order valence-electron chi connectivity index (χ2n) is 9.71. The number of nitrogens with zero attached hydrogens (tertiary/aromatic N) is 2. The molecule has 2 aliphatic heterocycles. The molecule has 1 fully saturated rings. The number of para-hydroxylation sites is 1. The highest BCUT2D eigenvalue weighted by atomic mass is 32.2. The number of hydrogen-bond donors (Lipinski definition) is 0. The SMILES string of the molecule is Cc1ccc(S(=O)(=O)N2CCCCC2)cc1C(=O)OCC(=O)C=C1N(C)c2ccccc2C1(C)C. The average Bonchev–Trinajstić information content (AvgIpc) is 3.04. The second-order valence-corrected chi connectivity index (χ2v) is 11.7. The average molecular weight is 497 g/mol. The maximum Gasteiger partial charge on any atom is 0.338 e. The number of sulfonamides is 1. The molecule has 4 rings (SSSR count). The zero-order valence-electron chi connectivity index (χ0n) is 20.7. The van der Waals surface area contributed by atoms with E-state index in [4.69, 9.17) is 4.74 Å². The molecule has 0 aliphatic carbocycles. The number of hydrogen-bond acceptors (Lipinski definition) is 6. The molecule has 2 heterocycles. The Labute approximate surface area is 207 Å². The molecule has 0 unspecified atom stereocenters. The van der Waals surface area contributed by atoms with Crippen LogP contribution in [0.15, 0.2) is 59.1 Å². The van der Waals surface area contributed by atoms with E-state index < -0.39 is 22.6 Å². The lowest BCUT2D eigenvalue weighted by Crippen LogP contribution is -2.35. The first kappa shape index (κ1) is 25.1. The van der Waals surface area contributed by atoms with Crippen LogP contribution in [0.25, 0.3) is 0 Å². The number of rotatable bonds is 6. The van der Waals surface area contributed by atoms with Gasteiger partial charge in [0.15, 0.2) is 12.4 Å². The van der Waals surface area contributed by atoms with Gasteiger partial charge in [-0.05, 0) is 49.1 Å². The molecule has 0 atom stereocenters. The van der Waals surface area contributed by atoms with Crippen LogP contribution < -0.4 is 4.90 Å². The normalized spacial score (nSPS) is 19.0. The standard InChI is InChI=1S/C27H32N2O5S/c1-19-12-13-21(35(32,33)29-14-8-5-9-15-29)17-22(19)26(31)34-18-20(30)16-25-27(2,3)23-10-6-7-11-24(23)28(25)4/h6-7,10-13,16-17H,5,8-9,14-15,18H2,1-4H3. The van der Waals surface area contributed by atoms with E-state index in [0.717, 1.165) is 36.2 Å². The summed E-state index contributed by atoms with van der Waals surface area (Å²) in [6, 6.07) is 12.5. The van der Waals surface area contributed by atoms with Crippen molar-refractivity contribution in [1.82, 2.24) is 4.31 Å². The van der Waals surface area contributed by atoms with Crippen molar-refractivity contribution in [3.05, 3.63) is 70.9 Å². The number of carbonyl (C=O) groups excluding carboxylic acids is 2. The zero-order chi connectivity index (χ0) is 25.4. The third-order valence-electron chi connectivity index (χ3n) is 6.97. The van der Waals surface area contributed by atoms with Crippen molar-refractivity contribution in [1.29, 1.82) is 0 Å². The largest absolute Gasteiger partial charge is 0.454 e. The fraction of sp³-hybridized carbons (Fsp3) is 0.407. The van der Waals surface area contributed by atoms with Crippen LogP contribution in [-0.4, -0.2) is 51.2 Å². The number of fused-ring (bicyclic) bond motifs is 1. The number of benzene rings is 2. The van der Waals surface area contributed by atoms with Crippen molar-refractivity contribution in [2.75, 3.05) is 31.6 Å². The highest BCUT2D eigenvalue weighted by Gasteiger charge is 2.38. The number of esters is 1. The highest BCUT2D eigenvalue weighted by Crippen LogP contribution is 2.46. The molecule has 2 aliphatic rings. The summed E-state index contributed by atoms with van der Waals surface area (Å²) in [4.78, 5) is 27.6. The summed E-state index contributed by atoms with van der Waals surface area (Å²) in [6.07, 6.45) is 4.20. The minimum absolute atomic E-state index is 0.0671. The van der Waals surface area contributed by atoms with Gasteiger partial charge in [-0.3, -0.25) is 4.79 Å². The van der Waals surface area contributed by atoms with E-state index in [1.165, 1.54) is 22.5 Å². The van der Waals surface area contributed by atoms with Gasteiger partial charge in [0, 0.05) is 43.0 Å². The maximum atomic E-state index is 13.0. The smallest absolute Gasteiger partial charge is 0.338 e. The van der Waals surface area contributed by atoms with Gasteiger partial charge in [0.2, 0.25) is 10.0 Å². The molecule has 2 aromatic carbocycles. The number of ether oxygens (including phenoxy) is 1. The monoisotopic (exact) mass is 496 g/mol. The number of piperidine rings is 1. The number of aryl methyl sites for hydroxylation is 1. The van der Waals surface area contributed by atoms with Crippen LogP contribution in [-0.2, 0) is 25.0 Å². The maximum absolute atomic E-state index is 13.0. The zero-order valence-corrected chi connectivity index (χ0v) is 21.5. The van der Waals surface area contributed by atoms with Gasteiger partial charge in [0.25, 0.3) is 0 Å². The van der Waals surface area contributed by atoms with Gasteiger partial charge in [0.05, 0.1) is 10.5 Å². The van der Waals surface area contributed by atoms with Gasteiger partial charge >= 0.3 is 5.97 Å². The predicted octanol–water partition coefficient (Wildman–Crippen LogP) is 4.21. The van der Waals surface area contributed by atoms with Gasteiger partial charge in [-0.25, -0.2) is 13.2 Å². The van der Waals surface area contributed by atoms with Crippen LogP contribution in [0.3, 0.4) is 0 Å². The molecule has 1 saturated heterocycles. The summed E-state index contributed by atoms with van der Waals surface area (Å²) in [6.45, 7) is 6.36. The minimum Gasteiger partial charge on any atom is -0.454 e. The van der Waals surface area contributed by atoms with Crippen LogP contribution in [0.2, 0.25) is 0 Å². The molecule has 35 heavy (non-hydrogen) atoms. The Morgan fingerprint density at radius 1 is 1.06 bits per heavy atom. The summed E-state index contributed by atoms with van der Waals surface area (Å²) in [5, 5.41) is 0. The van der Waals surface area contributed by atoms with E-state index in [0.29, 0.717) is 18.7 Å². The van der Waals surface area contributed by atoms with Gasteiger partial charge in [-0.2, -0.15) is 4.31 Å². The van der Waals surface area contributed by atoms with Crippen LogP contribution in [0, 0.1) is 6.92 Å². The lowest BCUT2D eigenvalue weighted by Gasteiger charge is -2.26. The van der Waals surface area contributed by atoms with E-state index >= 15 is 0 Å². The fourth-order valence-corrected chi connectivity index (χ4v) is 6.45. The lowest BCUT2D eigenvalue weighted by molar-refractivity contribution is -0.117. The van der Waals surface area contributed by atoms with Crippen molar-refractivity contribution in [2.45, 2.75) is 50.3 Å². The van der Waals surface area contributed by atoms with E-state index in [2.05, 4.69) is 13.8 Å². The molecule has 0 saturated carbocycles. The Morgan fingerprint density at radius 3 is 2.43 bits per heavy atom. The fourth-order valence-electron chi connectivity index (χ4n) is 4.90. The van der Waals surface area contributed by atoms with Crippen molar-refractivity contribution in [3.8, 4) is 0 Å². The van der Waals surface area contributed by atoms with Crippen molar-refractivity contribution >= 4 is 27.5 Å². The van der Waals surface area contributed by atoms with E-state index in [1.54, 1.807) is 13.0 Å². The summed E-state index contributed by atoms with van der Waals surface area (Å²) in [7, 11) is -1.77. The third kappa shape index (κ3) is 4.77. The molecule has 7 nitrogen and oxygen atoms in total. The molecule has 2 aromatic rings. The Hall–Kier alpha value is -2.97. The highest BCUT2D eigenvalue weighted by molar-refractivity contribution is 7.89. The van der Waals surface area contributed by atoms with Crippen LogP contribution >= 0.6 is 0 Å². The Kier molecular flexibility index (Phi) is 6.88. The molecule has 0 radical (unpaired) electrons. The number of allylic oxidation sites excluding steroid dienone is 1. The first-order valence-corrected chi connectivity index (χ1v) is 13.3. The Bertz CT molecular complexity index is 1290. The summed E-state index contributed by atoms with van der Waals surface area (Å²) in [5.41, 5.74) is 3.36. The Balaban J connectivity index is 1.48. The molecular weight excluding hydrogens is 464 g/mol. The van der Waals surface area contributed by atoms with Gasteiger partial charge < -0.3 is 9.64 Å². The molecule has 0 N–H and O–H groups in total. The quantitative estimate of drug-likeness (QED) is 0.440. The minimum atomic E-state index is -3.68. The van der Waals surface area contributed by atoms with E-state index in [9.17, 15) is 18.0 Å². The van der Waals surface area contributed by atoms with E-state index in [-0.39, 0.29) is 21.7 Å². The van der Waals surface area contributed by atoms with Gasteiger partial charge in [-0.15, -0.1) is 0 Å². The van der Waals surface area contributed by atoms with Gasteiger partial charge in [0.1, 0.15) is 0 Å². The first-order valence-electron chi connectivity index (χ1n) is 11.9. The summed E-state index contributed by atoms with van der Waals surface area (Å²) in [5.74, 6) is -1.05. The van der Waals surface area contributed by atoms with Crippen LogP contribution in [0.4, 0.5) is 5.69 Å². The molecule has 0 aromatic heterocycles. The van der Waals surface area contributed by atoms with Crippen molar-refractivity contribution in [2.24, 2.45) is 0 Å². The van der Waals surface area contributed by atoms with Crippen molar-refractivity contribution < 1.29 is 22.7 Å². The molecule has 8 heteroatoms. The second kappa shape index (κ2) is 9.59. The summed E-state index contributed by atoms with van der Waals surface area (Å²) < 4.78 is 32.8. The Morgan fingerprint density at radius 2 is 1.74 bits per heavy atom. The van der Waals surface area contributed by atoms with E-state index in [1.807, 2.05) is 36.2 Å². The molecule has 0 amide bonds. The number of anilines is 1. The van der Waals surface area contributed by atoms with Gasteiger partial charge in [-0.1, -0.05) is 44.5 Å². The van der Waals surface area contributed by atoms with Crippen molar-refractivity contribution in [3.63, 3.8) is 0 Å². The molecule has 186 valence electrons.